The van der Waals surface area contributed by atoms with E-state index in [9.17, 15) is 0 Å². The van der Waals surface area contributed by atoms with Gasteiger partial charge < -0.3 is 38.3 Å². The van der Waals surface area contributed by atoms with Crippen LogP contribution < -0.4 is 38.3 Å². The van der Waals surface area contributed by atoms with Gasteiger partial charge in [0.1, 0.15) is 11.5 Å². The van der Waals surface area contributed by atoms with E-state index in [0.717, 1.165) is 11.4 Å². The molecule has 2 aromatic heterocycles. The molecule has 0 saturated heterocycles. The monoisotopic (exact) mass is 418 g/mol. The van der Waals surface area contributed by atoms with E-state index in [1.54, 1.807) is 48.5 Å². The molecule has 0 fully saturated rings. The molecule has 4 rings (SSSR count). The van der Waals surface area contributed by atoms with E-state index in [4.69, 9.17) is 27.7 Å². The van der Waals surface area contributed by atoms with E-state index in [2.05, 4.69) is 40.5 Å². The summed E-state index contributed by atoms with van der Waals surface area (Å²) in [6, 6.07) is 14.4. The van der Waals surface area contributed by atoms with Crippen LogP contribution in [0.5, 0.6) is 11.5 Å². The molecule has 2 heterocycles. The Balaban J connectivity index is 1.38. The highest BCUT2D eigenvalue weighted by Crippen LogP contribution is 2.26. The number of rotatable bonds is 6. The minimum absolute atomic E-state index is 0.0373. The van der Waals surface area contributed by atoms with Gasteiger partial charge in [0.05, 0.1) is 0 Å². The van der Waals surface area contributed by atoms with Crippen LogP contribution in [-0.4, -0.2) is 29.9 Å². The Kier molecular flexibility index (Phi) is 5.13. The summed E-state index contributed by atoms with van der Waals surface area (Å²) in [5.74, 6) is 1.93. The van der Waals surface area contributed by atoms with Crippen molar-refractivity contribution < 1.29 is 4.74 Å². The molecule has 0 spiro atoms. The zero-order valence-electron chi connectivity index (χ0n) is 16.0. The lowest BCUT2D eigenvalue weighted by Gasteiger charge is -2.10. The maximum absolute atomic E-state index is 5.85. The summed E-state index contributed by atoms with van der Waals surface area (Å²) < 4.78 is 5.85. The molecule has 0 atom stereocenters. The molecule has 2 aromatic carbocycles. The van der Waals surface area contributed by atoms with Crippen molar-refractivity contribution in [1.82, 2.24) is 29.9 Å². The van der Waals surface area contributed by atoms with E-state index in [1.165, 1.54) is 0 Å². The first-order valence-electron chi connectivity index (χ1n) is 8.89. The molecule has 0 aliphatic rings. The van der Waals surface area contributed by atoms with Gasteiger partial charge in [0.25, 0.3) is 0 Å². The van der Waals surface area contributed by atoms with E-state index < -0.39 is 0 Å². The molecule has 0 aliphatic heterocycles. The Bertz CT molecular complexity index is 1060. The number of hydrogen-bond donors (Lipinski definition) is 6. The van der Waals surface area contributed by atoms with Gasteiger partial charge in [-0.2, -0.15) is 29.9 Å². The third kappa shape index (κ3) is 5.11. The van der Waals surface area contributed by atoms with Gasteiger partial charge in [0, 0.05) is 11.4 Å². The summed E-state index contributed by atoms with van der Waals surface area (Å²) in [6.45, 7) is 0. The SMILES string of the molecule is Nc1nc(N)nc(Nc2ccc(Oc3ccc(Nc4nc(N)nc(N)n4)cc3)cc2)n1. The highest BCUT2D eigenvalue weighted by Gasteiger charge is 2.05. The molecule has 31 heavy (non-hydrogen) atoms. The van der Waals surface area contributed by atoms with Crippen molar-refractivity contribution >= 4 is 47.1 Å². The van der Waals surface area contributed by atoms with Crippen molar-refractivity contribution in [3.8, 4) is 11.5 Å². The average Bonchev–Trinajstić information content (AvgIpc) is 2.69. The van der Waals surface area contributed by atoms with Crippen LogP contribution >= 0.6 is 0 Å². The van der Waals surface area contributed by atoms with Gasteiger partial charge in [0.2, 0.25) is 35.7 Å². The van der Waals surface area contributed by atoms with E-state index >= 15 is 0 Å². The van der Waals surface area contributed by atoms with Gasteiger partial charge in [-0.15, -0.1) is 0 Å². The van der Waals surface area contributed by atoms with Crippen LogP contribution in [0, 0.1) is 0 Å². The van der Waals surface area contributed by atoms with Crippen molar-refractivity contribution in [3.63, 3.8) is 0 Å². The first-order valence-corrected chi connectivity index (χ1v) is 8.89. The van der Waals surface area contributed by atoms with Gasteiger partial charge in [-0.3, -0.25) is 0 Å². The molecule has 0 bridgehead atoms. The van der Waals surface area contributed by atoms with Crippen molar-refractivity contribution in [2.45, 2.75) is 0 Å². The Morgan fingerprint density at radius 2 is 0.806 bits per heavy atom. The second-order valence-corrected chi connectivity index (χ2v) is 6.15. The summed E-state index contributed by atoms with van der Waals surface area (Å²) in [7, 11) is 0. The summed E-state index contributed by atoms with van der Waals surface area (Å²) >= 11 is 0. The molecule has 0 aliphatic carbocycles. The fraction of sp³-hybridized carbons (Fsp3) is 0. The third-order valence-corrected chi connectivity index (χ3v) is 3.80. The first kappa shape index (κ1) is 19.4. The smallest absolute Gasteiger partial charge is 0.233 e. The fourth-order valence-electron chi connectivity index (χ4n) is 2.54. The maximum Gasteiger partial charge on any atom is 0.233 e. The maximum atomic E-state index is 5.85. The minimum atomic E-state index is 0.0373. The zero-order valence-corrected chi connectivity index (χ0v) is 16.0. The summed E-state index contributed by atoms with van der Waals surface area (Å²) in [6.07, 6.45) is 0. The average molecular weight is 418 g/mol. The first-order chi connectivity index (χ1) is 14.9. The van der Waals surface area contributed by atoms with Crippen LogP contribution in [0.15, 0.2) is 48.5 Å². The number of nitrogens with zero attached hydrogens (tertiary/aromatic N) is 6. The second-order valence-electron chi connectivity index (χ2n) is 6.15. The fourth-order valence-corrected chi connectivity index (χ4v) is 2.54. The number of nitrogens with two attached hydrogens (primary N) is 4. The Morgan fingerprint density at radius 1 is 0.484 bits per heavy atom. The summed E-state index contributed by atoms with van der Waals surface area (Å²) in [4.78, 5) is 23.3. The van der Waals surface area contributed by atoms with Gasteiger partial charge in [-0.1, -0.05) is 0 Å². The van der Waals surface area contributed by atoms with Crippen LogP contribution in [-0.2, 0) is 0 Å². The van der Waals surface area contributed by atoms with Crippen LogP contribution in [0.1, 0.15) is 0 Å². The number of benzene rings is 2. The van der Waals surface area contributed by atoms with Crippen molar-refractivity contribution in [1.29, 1.82) is 0 Å². The molecular formula is C18H18N12O. The van der Waals surface area contributed by atoms with E-state index in [0.29, 0.717) is 11.5 Å². The van der Waals surface area contributed by atoms with Crippen molar-refractivity contribution in [3.05, 3.63) is 48.5 Å². The zero-order chi connectivity index (χ0) is 21.8. The summed E-state index contributed by atoms with van der Waals surface area (Å²) in [5, 5.41) is 5.99. The van der Waals surface area contributed by atoms with Gasteiger partial charge in [-0.05, 0) is 48.5 Å². The van der Waals surface area contributed by atoms with Gasteiger partial charge >= 0.3 is 0 Å². The number of hydrogen-bond acceptors (Lipinski definition) is 13. The Hall–Kier alpha value is -4.94. The predicted octanol–water partition coefficient (Wildman–Crippen LogP) is 1.66. The number of ether oxygens (including phenoxy) is 1. The standard InChI is InChI=1S/C18H18N12O/c19-13-25-14(20)28-17(27-13)23-9-1-5-11(6-2-9)31-12-7-3-10(4-8-12)24-18-29-15(21)26-16(22)30-18/h1-8H,(H5,19,20,23,25,27,28)(H5,21,22,24,26,29,30). The largest absolute Gasteiger partial charge is 0.457 e. The van der Waals surface area contributed by atoms with E-state index in [-0.39, 0.29) is 35.7 Å². The number of nitrogen functional groups attached to an aromatic ring is 4. The number of anilines is 8. The molecule has 0 amide bonds. The van der Waals surface area contributed by atoms with E-state index in [1.807, 2.05) is 0 Å². The molecule has 156 valence electrons. The second kappa shape index (κ2) is 8.20. The minimum Gasteiger partial charge on any atom is -0.457 e. The third-order valence-electron chi connectivity index (χ3n) is 3.80. The number of nitrogens with one attached hydrogen (secondary N) is 2. The van der Waals surface area contributed by atoms with Crippen LogP contribution in [0.2, 0.25) is 0 Å². The van der Waals surface area contributed by atoms with Crippen LogP contribution in [0.25, 0.3) is 0 Å². The van der Waals surface area contributed by atoms with Crippen molar-refractivity contribution in [2.24, 2.45) is 0 Å². The molecule has 0 saturated carbocycles. The lowest BCUT2D eigenvalue weighted by Crippen LogP contribution is -2.06. The molecule has 10 N–H and O–H groups in total. The molecule has 13 heteroatoms. The molecule has 4 aromatic rings. The van der Waals surface area contributed by atoms with Gasteiger partial charge in [-0.25, -0.2) is 0 Å². The highest BCUT2D eigenvalue weighted by atomic mass is 16.5. The van der Waals surface area contributed by atoms with Crippen LogP contribution in [0.3, 0.4) is 0 Å². The Labute approximate surface area is 175 Å². The highest BCUT2D eigenvalue weighted by molar-refractivity contribution is 5.58. The topological polar surface area (TPSA) is 215 Å². The lowest BCUT2D eigenvalue weighted by atomic mass is 10.3. The number of aromatic nitrogens is 6. The summed E-state index contributed by atoms with van der Waals surface area (Å²) in [5.41, 5.74) is 23.7. The quantitative estimate of drug-likeness (QED) is 0.263. The predicted molar refractivity (Wildman–Crippen MR) is 117 cm³/mol. The van der Waals surface area contributed by atoms with Crippen LogP contribution in [0.4, 0.5) is 47.1 Å². The molecule has 0 radical (unpaired) electrons. The molecule has 0 unspecified atom stereocenters. The molecular weight excluding hydrogens is 400 g/mol. The van der Waals surface area contributed by atoms with Gasteiger partial charge in [0.15, 0.2) is 0 Å². The Morgan fingerprint density at radius 3 is 1.13 bits per heavy atom. The normalized spacial score (nSPS) is 10.5. The van der Waals surface area contributed by atoms with Crippen molar-refractivity contribution in [2.75, 3.05) is 33.6 Å². The lowest BCUT2D eigenvalue weighted by molar-refractivity contribution is 0.483. The molecule has 13 nitrogen and oxygen atoms in total.